The van der Waals surface area contributed by atoms with Crippen LogP contribution in [0.5, 0.6) is 5.88 Å². The largest absolute Gasteiger partial charge is 0.480 e. The van der Waals surface area contributed by atoms with Crippen molar-refractivity contribution in [2.75, 3.05) is 20.2 Å². The number of pyridine rings is 1. The number of rotatable bonds is 4. The van der Waals surface area contributed by atoms with Crippen LogP contribution in [0, 0.1) is 0 Å². The second kappa shape index (κ2) is 7.40. The second-order valence-corrected chi connectivity index (χ2v) is 7.74. The number of hydrogen-bond acceptors (Lipinski definition) is 5. The van der Waals surface area contributed by atoms with Gasteiger partial charge < -0.3 is 9.64 Å². The van der Waals surface area contributed by atoms with Crippen molar-refractivity contribution in [1.29, 1.82) is 0 Å². The van der Waals surface area contributed by atoms with E-state index in [2.05, 4.69) is 10.1 Å². The minimum atomic E-state index is -2.87. The molecule has 2 aliphatic heterocycles. The number of alkyl halides is 2. The highest BCUT2D eigenvalue weighted by atomic mass is 35.5. The van der Waals surface area contributed by atoms with Gasteiger partial charge in [0.15, 0.2) is 0 Å². The molecule has 0 saturated carbocycles. The van der Waals surface area contributed by atoms with Crippen LogP contribution in [0.2, 0.25) is 5.02 Å². The average molecular weight is 428 g/mol. The molecule has 0 aromatic carbocycles. The molecule has 0 N–H and O–H groups in total. The predicted octanol–water partition coefficient (Wildman–Crippen LogP) is 1.90. The molecule has 0 aliphatic carbocycles. The van der Waals surface area contributed by atoms with Gasteiger partial charge in [-0.2, -0.15) is 5.10 Å². The number of hydrogen-bond donors (Lipinski definition) is 0. The Morgan fingerprint density at radius 3 is 2.90 bits per heavy atom. The highest BCUT2D eigenvalue weighted by Crippen LogP contribution is 2.31. The number of aryl methyl sites for hydroxylation is 1. The van der Waals surface area contributed by atoms with E-state index in [1.165, 1.54) is 22.6 Å². The Labute approximate surface area is 170 Å². The van der Waals surface area contributed by atoms with Crippen LogP contribution in [0.1, 0.15) is 36.7 Å². The molecule has 4 heterocycles. The lowest BCUT2D eigenvalue weighted by atomic mass is 10.0. The number of aromatic nitrogens is 4. The van der Waals surface area contributed by atoms with Crippen molar-refractivity contribution >= 4 is 17.5 Å². The molecule has 2 aromatic heterocycles. The maximum atomic E-state index is 13.5. The van der Waals surface area contributed by atoms with Crippen LogP contribution >= 0.6 is 11.6 Å². The molecule has 0 radical (unpaired) electrons. The van der Waals surface area contributed by atoms with Crippen molar-refractivity contribution in [2.24, 2.45) is 0 Å². The fourth-order valence-corrected chi connectivity index (χ4v) is 4.14. The topological polar surface area (TPSA) is 82.2 Å². The first-order valence-corrected chi connectivity index (χ1v) is 9.70. The molecule has 2 aromatic rings. The van der Waals surface area contributed by atoms with Crippen LogP contribution in [0.25, 0.3) is 0 Å². The van der Waals surface area contributed by atoms with Gasteiger partial charge in [0.05, 0.1) is 20.2 Å². The molecule has 0 bridgehead atoms. The molecule has 156 valence electrons. The molecule has 1 fully saturated rings. The summed E-state index contributed by atoms with van der Waals surface area (Å²) in [5.41, 5.74) is 0.200. The van der Waals surface area contributed by atoms with E-state index < -0.39 is 30.1 Å². The van der Waals surface area contributed by atoms with Crippen LogP contribution in [-0.4, -0.2) is 56.3 Å². The van der Waals surface area contributed by atoms with Gasteiger partial charge in [-0.05, 0) is 24.5 Å². The zero-order chi connectivity index (χ0) is 20.8. The normalized spacial score (nSPS) is 20.6. The molecule has 29 heavy (non-hydrogen) atoms. The van der Waals surface area contributed by atoms with E-state index in [1.807, 2.05) is 0 Å². The van der Waals surface area contributed by atoms with E-state index in [1.54, 1.807) is 6.07 Å². The Morgan fingerprint density at radius 1 is 1.45 bits per heavy atom. The third-order valence-corrected chi connectivity index (χ3v) is 5.56. The third-order valence-electron chi connectivity index (χ3n) is 5.29. The standard InChI is InChI=1S/C18H20ClF2N5O3/c1-29-15-12(19)7-11(8-22-15)9-25-17(28)26-13(3-2-4-14(26)23-25)16(27)24-6-5-18(20,21)10-24/h7-8,13H,2-6,9-10H2,1H3/t13-/m0/s1. The molecule has 1 saturated heterocycles. The Bertz CT molecular complexity index is 1010. The van der Waals surface area contributed by atoms with Crippen LogP contribution in [0.4, 0.5) is 8.78 Å². The minimum absolute atomic E-state index is 0.00340. The summed E-state index contributed by atoms with van der Waals surface area (Å²) in [4.78, 5) is 31.0. The molecule has 11 heteroatoms. The number of likely N-dealkylation sites (tertiary alicyclic amines) is 1. The van der Waals surface area contributed by atoms with Crippen molar-refractivity contribution in [2.45, 2.75) is 44.2 Å². The number of carbonyl (C=O) groups is 1. The lowest BCUT2D eigenvalue weighted by Crippen LogP contribution is -2.42. The van der Waals surface area contributed by atoms with Crippen molar-refractivity contribution in [3.8, 4) is 5.88 Å². The highest BCUT2D eigenvalue weighted by Gasteiger charge is 2.43. The Kier molecular flexibility index (Phi) is 5.05. The smallest absolute Gasteiger partial charge is 0.346 e. The van der Waals surface area contributed by atoms with E-state index in [4.69, 9.17) is 16.3 Å². The monoisotopic (exact) mass is 427 g/mol. The first-order chi connectivity index (χ1) is 13.8. The maximum absolute atomic E-state index is 13.5. The van der Waals surface area contributed by atoms with Gasteiger partial charge >= 0.3 is 5.69 Å². The van der Waals surface area contributed by atoms with Gasteiger partial charge in [0, 0.05) is 25.6 Å². The second-order valence-electron chi connectivity index (χ2n) is 7.33. The van der Waals surface area contributed by atoms with E-state index in [0.29, 0.717) is 35.7 Å². The van der Waals surface area contributed by atoms with Crippen molar-refractivity contribution < 1.29 is 18.3 Å². The van der Waals surface area contributed by atoms with Gasteiger partial charge in [0.25, 0.3) is 5.92 Å². The van der Waals surface area contributed by atoms with Gasteiger partial charge in [-0.25, -0.2) is 23.2 Å². The average Bonchev–Trinajstić information content (AvgIpc) is 3.21. The third kappa shape index (κ3) is 3.73. The van der Waals surface area contributed by atoms with Gasteiger partial charge in [-0.1, -0.05) is 11.6 Å². The van der Waals surface area contributed by atoms with Crippen molar-refractivity contribution in [3.63, 3.8) is 0 Å². The predicted molar refractivity (Wildman–Crippen MR) is 99.5 cm³/mol. The number of methoxy groups -OCH3 is 1. The summed E-state index contributed by atoms with van der Waals surface area (Å²) in [6.45, 7) is -0.481. The SMILES string of the molecule is COc1ncc(Cn2nc3n(c2=O)[C@H](C(=O)N2CCC(F)(F)C2)CCC3)cc1Cl. The zero-order valence-corrected chi connectivity index (χ0v) is 16.5. The Morgan fingerprint density at radius 2 is 2.24 bits per heavy atom. The molecular weight excluding hydrogens is 408 g/mol. The molecule has 0 spiro atoms. The Balaban J connectivity index is 1.60. The number of carbonyl (C=O) groups excluding carboxylic acids is 1. The van der Waals surface area contributed by atoms with Crippen LogP contribution in [0.15, 0.2) is 17.1 Å². The fraction of sp³-hybridized carbons (Fsp3) is 0.556. The fourth-order valence-electron chi connectivity index (χ4n) is 3.88. The summed E-state index contributed by atoms with van der Waals surface area (Å²) in [5.74, 6) is -2.56. The van der Waals surface area contributed by atoms with Gasteiger partial charge in [-0.15, -0.1) is 0 Å². The summed E-state index contributed by atoms with van der Waals surface area (Å²) >= 11 is 6.09. The van der Waals surface area contributed by atoms with E-state index in [9.17, 15) is 18.4 Å². The molecule has 0 unspecified atom stereocenters. The molecule has 4 rings (SSSR count). The molecule has 1 atom stereocenters. The summed E-state index contributed by atoms with van der Waals surface area (Å²) in [6.07, 6.45) is 2.81. The lowest BCUT2D eigenvalue weighted by molar-refractivity contribution is -0.135. The minimum Gasteiger partial charge on any atom is -0.480 e. The highest BCUT2D eigenvalue weighted by molar-refractivity contribution is 6.31. The first-order valence-electron chi connectivity index (χ1n) is 9.32. The van der Waals surface area contributed by atoms with Crippen LogP contribution < -0.4 is 10.4 Å². The number of amides is 1. The van der Waals surface area contributed by atoms with E-state index >= 15 is 0 Å². The van der Waals surface area contributed by atoms with Crippen LogP contribution in [-0.2, 0) is 17.8 Å². The number of ether oxygens (including phenoxy) is 1. The quantitative estimate of drug-likeness (QED) is 0.744. The molecular formula is C18H20ClF2N5O3. The van der Waals surface area contributed by atoms with Gasteiger partial charge in [-0.3, -0.25) is 9.36 Å². The number of halogens is 3. The zero-order valence-electron chi connectivity index (χ0n) is 15.8. The van der Waals surface area contributed by atoms with Crippen LogP contribution in [0.3, 0.4) is 0 Å². The molecule has 2 aliphatic rings. The molecule has 8 nitrogen and oxygen atoms in total. The number of fused-ring (bicyclic) bond motifs is 1. The Hall–Kier alpha value is -2.49. The first kappa shape index (κ1) is 19.8. The summed E-state index contributed by atoms with van der Waals surface area (Å²) in [7, 11) is 1.45. The summed E-state index contributed by atoms with van der Waals surface area (Å²) in [6, 6.07) is 0.833. The van der Waals surface area contributed by atoms with E-state index in [0.717, 1.165) is 4.90 Å². The van der Waals surface area contributed by atoms with Gasteiger partial charge in [0.2, 0.25) is 11.8 Å². The van der Waals surface area contributed by atoms with Crippen molar-refractivity contribution in [1.82, 2.24) is 24.2 Å². The van der Waals surface area contributed by atoms with Gasteiger partial charge in [0.1, 0.15) is 16.9 Å². The van der Waals surface area contributed by atoms with Crippen molar-refractivity contribution in [3.05, 3.63) is 39.2 Å². The number of nitrogens with zero attached hydrogens (tertiary/aromatic N) is 5. The summed E-state index contributed by atoms with van der Waals surface area (Å²) < 4.78 is 34.7. The maximum Gasteiger partial charge on any atom is 0.346 e. The summed E-state index contributed by atoms with van der Waals surface area (Å²) in [5, 5.41) is 4.66. The lowest BCUT2D eigenvalue weighted by Gasteiger charge is -2.27. The molecule has 1 amide bonds. The van der Waals surface area contributed by atoms with E-state index in [-0.39, 0.29) is 25.4 Å².